The number of hydrogen-bond donors (Lipinski definition) is 1. The number of amides is 1. The molecule has 0 aromatic heterocycles. The van der Waals surface area contributed by atoms with Gasteiger partial charge in [0.15, 0.2) is 0 Å². The number of carbonyl (C=O) groups is 2. The SMILES string of the molecule is COC(=O)c1ccc(Cl)cc1S(=O)(=O)NC(=O)c1ccc(C2CCCC2)cc1. The van der Waals surface area contributed by atoms with Gasteiger partial charge in [0.1, 0.15) is 4.90 Å². The Labute approximate surface area is 168 Å². The van der Waals surface area contributed by atoms with Crippen molar-refractivity contribution in [1.29, 1.82) is 0 Å². The van der Waals surface area contributed by atoms with E-state index in [1.807, 2.05) is 16.9 Å². The highest BCUT2D eigenvalue weighted by Crippen LogP contribution is 2.34. The quantitative estimate of drug-likeness (QED) is 0.739. The molecule has 1 amide bonds. The summed E-state index contributed by atoms with van der Waals surface area (Å²) in [5.41, 5.74) is 1.16. The molecule has 1 fully saturated rings. The van der Waals surface area contributed by atoms with E-state index in [1.54, 1.807) is 12.1 Å². The van der Waals surface area contributed by atoms with Crippen molar-refractivity contribution in [3.8, 4) is 0 Å². The van der Waals surface area contributed by atoms with Crippen LogP contribution >= 0.6 is 11.6 Å². The largest absolute Gasteiger partial charge is 0.465 e. The van der Waals surface area contributed by atoms with Crippen LogP contribution in [-0.2, 0) is 14.8 Å². The molecule has 1 saturated carbocycles. The standard InChI is InChI=1S/C20H20ClNO5S/c1-27-20(24)17-11-10-16(21)12-18(17)28(25,26)22-19(23)15-8-6-14(7-9-15)13-4-2-3-5-13/h6-13H,2-5H2,1H3,(H,22,23). The Kier molecular flexibility index (Phi) is 6.05. The van der Waals surface area contributed by atoms with E-state index < -0.39 is 26.8 Å². The smallest absolute Gasteiger partial charge is 0.339 e. The van der Waals surface area contributed by atoms with Gasteiger partial charge in [0, 0.05) is 10.6 Å². The van der Waals surface area contributed by atoms with Gasteiger partial charge < -0.3 is 4.74 Å². The van der Waals surface area contributed by atoms with Gasteiger partial charge in [-0.3, -0.25) is 4.79 Å². The van der Waals surface area contributed by atoms with Crippen LogP contribution in [-0.4, -0.2) is 27.4 Å². The first kappa shape index (κ1) is 20.4. The first-order valence-electron chi connectivity index (χ1n) is 8.87. The zero-order valence-electron chi connectivity index (χ0n) is 15.3. The lowest BCUT2D eigenvalue weighted by Crippen LogP contribution is -2.31. The first-order valence-corrected chi connectivity index (χ1v) is 10.7. The summed E-state index contributed by atoms with van der Waals surface area (Å²) in [6, 6.07) is 10.6. The van der Waals surface area contributed by atoms with Crippen molar-refractivity contribution in [2.24, 2.45) is 0 Å². The van der Waals surface area contributed by atoms with Crippen LogP contribution < -0.4 is 4.72 Å². The fourth-order valence-corrected chi connectivity index (χ4v) is 4.83. The molecule has 0 saturated heterocycles. The molecule has 1 aliphatic rings. The average Bonchev–Trinajstić information content (AvgIpc) is 3.22. The van der Waals surface area contributed by atoms with Crippen LogP contribution in [0.25, 0.3) is 0 Å². The zero-order valence-corrected chi connectivity index (χ0v) is 16.8. The van der Waals surface area contributed by atoms with Gasteiger partial charge in [0.25, 0.3) is 15.9 Å². The summed E-state index contributed by atoms with van der Waals surface area (Å²) in [6.07, 6.45) is 4.66. The molecule has 2 aromatic carbocycles. The Balaban J connectivity index is 1.83. The molecule has 0 bridgehead atoms. The highest BCUT2D eigenvalue weighted by atomic mass is 35.5. The number of sulfonamides is 1. The van der Waals surface area contributed by atoms with Crippen LogP contribution in [0.5, 0.6) is 0 Å². The number of hydrogen-bond acceptors (Lipinski definition) is 5. The summed E-state index contributed by atoms with van der Waals surface area (Å²) in [4.78, 5) is 23.9. The molecule has 2 aromatic rings. The molecule has 0 heterocycles. The van der Waals surface area contributed by atoms with E-state index in [0.717, 1.165) is 31.6 Å². The molecule has 0 unspecified atom stereocenters. The molecule has 0 spiro atoms. The van der Waals surface area contributed by atoms with Crippen molar-refractivity contribution < 1.29 is 22.7 Å². The normalized spacial score (nSPS) is 14.6. The maximum absolute atomic E-state index is 12.7. The molecule has 0 radical (unpaired) electrons. The van der Waals surface area contributed by atoms with E-state index in [4.69, 9.17) is 11.6 Å². The van der Waals surface area contributed by atoms with Gasteiger partial charge in [-0.1, -0.05) is 36.6 Å². The average molecular weight is 422 g/mol. The number of halogens is 1. The molecular weight excluding hydrogens is 402 g/mol. The molecule has 1 aliphatic carbocycles. The first-order chi connectivity index (χ1) is 13.3. The van der Waals surface area contributed by atoms with Crippen LogP contribution in [0.15, 0.2) is 47.4 Å². The number of carbonyl (C=O) groups excluding carboxylic acids is 2. The van der Waals surface area contributed by atoms with Gasteiger partial charge >= 0.3 is 5.97 Å². The third-order valence-corrected chi connectivity index (χ3v) is 6.47. The number of ether oxygens (including phenoxy) is 1. The summed E-state index contributed by atoms with van der Waals surface area (Å²) in [6.45, 7) is 0. The van der Waals surface area contributed by atoms with Gasteiger partial charge in [-0.2, -0.15) is 0 Å². The molecule has 148 valence electrons. The maximum atomic E-state index is 12.7. The van der Waals surface area contributed by atoms with Gasteiger partial charge in [-0.15, -0.1) is 0 Å². The molecule has 1 N–H and O–H groups in total. The zero-order chi connectivity index (χ0) is 20.3. The minimum Gasteiger partial charge on any atom is -0.465 e. The van der Waals surface area contributed by atoms with Crippen molar-refractivity contribution in [2.45, 2.75) is 36.5 Å². The Morgan fingerprint density at radius 1 is 1.07 bits per heavy atom. The van der Waals surface area contributed by atoms with Crippen molar-refractivity contribution in [3.05, 3.63) is 64.2 Å². The molecule has 3 rings (SSSR count). The van der Waals surface area contributed by atoms with Crippen LogP contribution in [0.2, 0.25) is 5.02 Å². The number of rotatable bonds is 5. The summed E-state index contributed by atoms with van der Waals surface area (Å²) in [5, 5.41) is 0.112. The van der Waals surface area contributed by atoms with E-state index >= 15 is 0 Å². The molecule has 6 nitrogen and oxygen atoms in total. The van der Waals surface area contributed by atoms with Crippen molar-refractivity contribution in [2.75, 3.05) is 7.11 Å². The minimum absolute atomic E-state index is 0.112. The highest BCUT2D eigenvalue weighted by Gasteiger charge is 2.26. The second-order valence-electron chi connectivity index (χ2n) is 6.67. The van der Waals surface area contributed by atoms with Gasteiger partial charge in [0.2, 0.25) is 0 Å². The fraction of sp³-hybridized carbons (Fsp3) is 0.300. The second kappa shape index (κ2) is 8.32. The fourth-order valence-electron chi connectivity index (χ4n) is 3.40. The van der Waals surface area contributed by atoms with Crippen LogP contribution in [0.3, 0.4) is 0 Å². The third kappa shape index (κ3) is 4.36. The maximum Gasteiger partial charge on any atom is 0.339 e. The van der Waals surface area contributed by atoms with Crippen LogP contribution in [0, 0.1) is 0 Å². The van der Waals surface area contributed by atoms with Gasteiger partial charge in [-0.25, -0.2) is 17.9 Å². The Morgan fingerprint density at radius 3 is 2.32 bits per heavy atom. The van der Waals surface area contributed by atoms with Crippen molar-refractivity contribution in [1.82, 2.24) is 4.72 Å². The number of esters is 1. The summed E-state index contributed by atoms with van der Waals surface area (Å²) in [7, 11) is -3.19. The second-order valence-corrected chi connectivity index (χ2v) is 8.76. The third-order valence-electron chi connectivity index (χ3n) is 4.86. The molecule has 0 aliphatic heterocycles. The van der Waals surface area contributed by atoms with Gasteiger partial charge in [-0.05, 0) is 54.7 Å². The number of nitrogens with one attached hydrogen (secondary N) is 1. The Bertz CT molecular complexity index is 996. The summed E-state index contributed by atoms with van der Waals surface area (Å²) >= 11 is 5.87. The summed E-state index contributed by atoms with van der Waals surface area (Å²) in [5.74, 6) is -1.13. The van der Waals surface area contributed by atoms with E-state index in [1.165, 1.54) is 25.0 Å². The molecule has 8 heteroatoms. The van der Waals surface area contributed by atoms with E-state index in [9.17, 15) is 18.0 Å². The monoisotopic (exact) mass is 421 g/mol. The highest BCUT2D eigenvalue weighted by molar-refractivity contribution is 7.90. The van der Waals surface area contributed by atoms with Gasteiger partial charge in [0.05, 0.1) is 12.7 Å². The number of methoxy groups -OCH3 is 1. The lowest BCUT2D eigenvalue weighted by atomic mass is 9.97. The number of benzene rings is 2. The van der Waals surface area contributed by atoms with E-state index in [-0.39, 0.29) is 16.1 Å². The van der Waals surface area contributed by atoms with Crippen molar-refractivity contribution >= 4 is 33.5 Å². The van der Waals surface area contributed by atoms with Crippen molar-refractivity contribution in [3.63, 3.8) is 0 Å². The molecular formula is C20H20ClNO5S. The van der Waals surface area contributed by atoms with E-state index in [0.29, 0.717) is 5.92 Å². The summed E-state index contributed by atoms with van der Waals surface area (Å²) < 4.78 is 32.0. The molecule has 0 atom stereocenters. The predicted molar refractivity (Wildman–Crippen MR) is 105 cm³/mol. The Morgan fingerprint density at radius 2 is 1.71 bits per heavy atom. The predicted octanol–water partition coefficient (Wildman–Crippen LogP) is 3.90. The van der Waals surface area contributed by atoms with E-state index in [2.05, 4.69) is 4.74 Å². The Hall–Kier alpha value is -2.38. The minimum atomic E-state index is -4.33. The topological polar surface area (TPSA) is 89.5 Å². The molecule has 28 heavy (non-hydrogen) atoms. The lowest BCUT2D eigenvalue weighted by molar-refractivity contribution is 0.0596. The van der Waals surface area contributed by atoms with Crippen LogP contribution in [0.4, 0.5) is 0 Å². The lowest BCUT2D eigenvalue weighted by Gasteiger charge is -2.12. The van der Waals surface area contributed by atoms with Crippen LogP contribution in [0.1, 0.15) is 57.9 Å².